The van der Waals surface area contributed by atoms with E-state index in [1.54, 1.807) is 28.3 Å². The number of thiazole rings is 2. The van der Waals surface area contributed by atoms with Gasteiger partial charge in [-0.05, 0) is 23.8 Å². The molecule has 0 bridgehead atoms. The molecular formula is C23H18N4O2S2. The lowest BCUT2D eigenvalue weighted by atomic mass is 10.1. The predicted octanol–water partition coefficient (Wildman–Crippen LogP) is 5.10. The summed E-state index contributed by atoms with van der Waals surface area (Å²) in [6.07, 6.45) is 4.27. The highest BCUT2D eigenvalue weighted by molar-refractivity contribution is 7.18. The van der Waals surface area contributed by atoms with Gasteiger partial charge in [-0.1, -0.05) is 30.3 Å². The second-order valence-electron chi connectivity index (χ2n) is 7.03. The van der Waals surface area contributed by atoms with E-state index in [0.717, 1.165) is 37.1 Å². The van der Waals surface area contributed by atoms with Crippen LogP contribution in [0.3, 0.4) is 0 Å². The van der Waals surface area contributed by atoms with E-state index < -0.39 is 0 Å². The molecule has 0 saturated heterocycles. The number of hydrogen-bond donors (Lipinski definition) is 0. The Hall–Kier alpha value is -3.36. The number of esters is 1. The van der Waals surface area contributed by atoms with Crippen molar-refractivity contribution in [3.63, 3.8) is 0 Å². The van der Waals surface area contributed by atoms with Gasteiger partial charge in [0.1, 0.15) is 11.6 Å². The van der Waals surface area contributed by atoms with Crippen LogP contribution in [0, 0.1) is 0 Å². The monoisotopic (exact) mass is 446 g/mol. The lowest BCUT2D eigenvalue weighted by Crippen LogP contribution is -2.09. The van der Waals surface area contributed by atoms with Crippen molar-refractivity contribution in [3.05, 3.63) is 88.1 Å². The molecule has 154 valence electrons. The fraction of sp³-hybridized carbons (Fsp3) is 0.130. The average molecular weight is 447 g/mol. The number of rotatable bonds is 6. The van der Waals surface area contributed by atoms with E-state index in [-0.39, 0.29) is 12.6 Å². The molecule has 0 N–H and O–H groups in total. The number of fused-ring (bicyclic) bond motifs is 1. The lowest BCUT2D eigenvalue weighted by molar-refractivity contribution is 0.0467. The molecule has 0 aliphatic heterocycles. The topological polar surface area (TPSA) is 69.9 Å². The number of hydrogen-bond acceptors (Lipinski definition) is 7. The van der Waals surface area contributed by atoms with Gasteiger partial charge in [0.15, 0.2) is 0 Å². The molecule has 31 heavy (non-hydrogen) atoms. The molecule has 3 heterocycles. The van der Waals surface area contributed by atoms with Crippen molar-refractivity contribution in [2.75, 3.05) is 0 Å². The van der Waals surface area contributed by atoms with Crippen molar-refractivity contribution in [2.45, 2.75) is 13.0 Å². The minimum atomic E-state index is -0.354. The molecule has 0 unspecified atom stereocenters. The quantitative estimate of drug-likeness (QED) is 0.339. The standard InChI is InChI=1S/C23H18N4O2S2/c1-27-12-16(11-24-27)22-25-17(14-30-22)13-29-23(28)18-7-3-2-6-15(18)10-21-26-19-8-4-5-9-20(19)31-21/h2-9,11-12,14H,10,13H2,1H3. The van der Waals surface area contributed by atoms with Crippen LogP contribution in [-0.4, -0.2) is 25.7 Å². The van der Waals surface area contributed by atoms with Crippen molar-refractivity contribution in [3.8, 4) is 10.6 Å². The Kier molecular flexibility index (Phi) is 5.31. The molecule has 0 aliphatic carbocycles. The fourth-order valence-electron chi connectivity index (χ4n) is 3.29. The van der Waals surface area contributed by atoms with Crippen LogP contribution >= 0.6 is 22.7 Å². The smallest absolute Gasteiger partial charge is 0.338 e. The Bertz CT molecular complexity index is 1340. The Balaban J connectivity index is 1.29. The highest BCUT2D eigenvalue weighted by Crippen LogP contribution is 2.26. The fourth-order valence-corrected chi connectivity index (χ4v) is 5.06. The molecule has 5 aromatic rings. The molecular weight excluding hydrogens is 428 g/mol. The number of nitrogens with zero attached hydrogens (tertiary/aromatic N) is 4. The molecule has 0 amide bonds. The van der Waals surface area contributed by atoms with Gasteiger partial charge in [0.2, 0.25) is 0 Å². The summed E-state index contributed by atoms with van der Waals surface area (Å²) in [6.45, 7) is 0.130. The van der Waals surface area contributed by atoms with E-state index in [4.69, 9.17) is 4.74 Å². The summed E-state index contributed by atoms with van der Waals surface area (Å²) in [7, 11) is 1.87. The van der Waals surface area contributed by atoms with Gasteiger partial charge in [0.05, 0.1) is 32.7 Å². The molecule has 3 aromatic heterocycles. The number of aryl methyl sites for hydroxylation is 1. The second-order valence-corrected chi connectivity index (χ2v) is 9.01. The third kappa shape index (κ3) is 4.26. The summed E-state index contributed by atoms with van der Waals surface area (Å²) < 4.78 is 8.45. The SMILES string of the molecule is Cn1cc(-c2nc(COC(=O)c3ccccc3Cc3nc4ccccc4s3)cs2)cn1. The van der Waals surface area contributed by atoms with Crippen LogP contribution in [0.25, 0.3) is 20.8 Å². The number of benzene rings is 2. The molecule has 5 rings (SSSR count). The van der Waals surface area contributed by atoms with Gasteiger partial charge < -0.3 is 4.74 Å². The molecule has 0 atom stereocenters. The number of para-hydroxylation sites is 1. The van der Waals surface area contributed by atoms with Gasteiger partial charge in [-0.3, -0.25) is 4.68 Å². The van der Waals surface area contributed by atoms with Crippen molar-refractivity contribution < 1.29 is 9.53 Å². The summed E-state index contributed by atoms with van der Waals surface area (Å²) in [5.74, 6) is -0.354. The largest absolute Gasteiger partial charge is 0.456 e. The normalized spacial score (nSPS) is 11.1. The Labute approximate surface area is 186 Å². The van der Waals surface area contributed by atoms with Crippen LogP contribution in [0.2, 0.25) is 0 Å². The number of aromatic nitrogens is 4. The first kappa shape index (κ1) is 19.6. The molecule has 0 saturated carbocycles. The Morgan fingerprint density at radius 2 is 1.94 bits per heavy atom. The molecule has 0 fully saturated rings. The minimum absolute atomic E-state index is 0.130. The van der Waals surface area contributed by atoms with Gasteiger partial charge >= 0.3 is 5.97 Å². The minimum Gasteiger partial charge on any atom is -0.456 e. The van der Waals surface area contributed by atoms with E-state index in [1.807, 2.05) is 55.0 Å². The summed E-state index contributed by atoms with van der Waals surface area (Å²) in [5.41, 5.74) is 4.12. The van der Waals surface area contributed by atoms with Crippen LogP contribution in [0.4, 0.5) is 0 Å². The van der Waals surface area contributed by atoms with Gasteiger partial charge in [-0.25, -0.2) is 14.8 Å². The van der Waals surface area contributed by atoms with Crippen LogP contribution in [-0.2, 0) is 24.8 Å². The maximum absolute atomic E-state index is 12.8. The predicted molar refractivity (Wildman–Crippen MR) is 122 cm³/mol. The Morgan fingerprint density at radius 3 is 2.77 bits per heavy atom. The number of ether oxygens (including phenoxy) is 1. The van der Waals surface area contributed by atoms with Gasteiger partial charge in [-0.2, -0.15) is 5.10 Å². The lowest BCUT2D eigenvalue weighted by Gasteiger charge is -2.08. The highest BCUT2D eigenvalue weighted by atomic mass is 32.1. The van der Waals surface area contributed by atoms with Crippen molar-refractivity contribution in [1.82, 2.24) is 19.7 Å². The zero-order valence-electron chi connectivity index (χ0n) is 16.7. The zero-order valence-corrected chi connectivity index (χ0v) is 18.3. The first-order valence-corrected chi connectivity index (χ1v) is 11.4. The summed E-state index contributed by atoms with van der Waals surface area (Å²) in [5, 5.41) is 7.90. The van der Waals surface area contributed by atoms with E-state index in [1.165, 1.54) is 11.3 Å². The Morgan fingerprint density at radius 1 is 1.10 bits per heavy atom. The number of carbonyl (C=O) groups is 1. The third-order valence-electron chi connectivity index (χ3n) is 4.77. The van der Waals surface area contributed by atoms with Crippen LogP contribution in [0.15, 0.2) is 66.3 Å². The third-order valence-corrected chi connectivity index (χ3v) is 6.75. The van der Waals surface area contributed by atoms with Crippen molar-refractivity contribution in [2.24, 2.45) is 7.05 Å². The average Bonchev–Trinajstić information content (AvgIpc) is 3.51. The first-order chi connectivity index (χ1) is 15.2. The highest BCUT2D eigenvalue weighted by Gasteiger charge is 2.16. The summed E-state index contributed by atoms with van der Waals surface area (Å²) in [6, 6.07) is 15.6. The number of carbonyl (C=O) groups excluding carboxylic acids is 1. The van der Waals surface area contributed by atoms with Gasteiger partial charge in [-0.15, -0.1) is 22.7 Å². The zero-order chi connectivity index (χ0) is 21.2. The van der Waals surface area contributed by atoms with Gasteiger partial charge in [0.25, 0.3) is 0 Å². The van der Waals surface area contributed by atoms with Crippen LogP contribution in [0.1, 0.15) is 26.6 Å². The van der Waals surface area contributed by atoms with Crippen molar-refractivity contribution in [1.29, 1.82) is 0 Å². The maximum Gasteiger partial charge on any atom is 0.338 e. The molecule has 6 nitrogen and oxygen atoms in total. The van der Waals surface area contributed by atoms with E-state index in [2.05, 4.69) is 21.1 Å². The molecule has 0 radical (unpaired) electrons. The molecule has 0 spiro atoms. The molecule has 0 aliphatic rings. The first-order valence-electron chi connectivity index (χ1n) is 9.68. The van der Waals surface area contributed by atoms with E-state index in [0.29, 0.717) is 12.0 Å². The van der Waals surface area contributed by atoms with Crippen molar-refractivity contribution >= 4 is 38.9 Å². The summed E-state index contributed by atoms with van der Waals surface area (Å²) >= 11 is 3.15. The van der Waals surface area contributed by atoms with E-state index in [9.17, 15) is 4.79 Å². The van der Waals surface area contributed by atoms with E-state index >= 15 is 0 Å². The maximum atomic E-state index is 12.8. The van der Waals surface area contributed by atoms with Gasteiger partial charge in [0, 0.05) is 30.6 Å². The van der Waals surface area contributed by atoms with Crippen LogP contribution < -0.4 is 0 Å². The molecule has 8 heteroatoms. The van der Waals surface area contributed by atoms with Crippen LogP contribution in [0.5, 0.6) is 0 Å². The second kappa shape index (κ2) is 8.41. The summed E-state index contributed by atoms with van der Waals surface area (Å²) in [4.78, 5) is 22.0. The molecule has 2 aromatic carbocycles.